The molecule has 1 amide bonds. The Morgan fingerprint density at radius 2 is 1.62 bits per heavy atom. The van der Waals surface area contributed by atoms with Gasteiger partial charge in [0.2, 0.25) is 5.91 Å². The summed E-state index contributed by atoms with van der Waals surface area (Å²) in [5.41, 5.74) is 5.03. The third-order valence-electron chi connectivity index (χ3n) is 5.21. The molecule has 162 valence electrons. The summed E-state index contributed by atoms with van der Waals surface area (Å²) in [5, 5.41) is 7.65. The maximum atomic E-state index is 13.5. The summed E-state index contributed by atoms with van der Waals surface area (Å²) in [5.74, 6) is 0.112. The van der Waals surface area contributed by atoms with Crippen molar-refractivity contribution in [1.29, 1.82) is 0 Å². The van der Waals surface area contributed by atoms with Crippen molar-refractivity contribution in [2.24, 2.45) is 7.05 Å². The Hall–Kier alpha value is -4.00. The Morgan fingerprint density at radius 1 is 0.969 bits per heavy atom. The zero-order valence-electron chi connectivity index (χ0n) is 18.2. The predicted molar refractivity (Wildman–Crippen MR) is 125 cm³/mol. The molecule has 0 unspecified atom stereocenters. The number of aryl methyl sites for hydroxylation is 1. The van der Waals surface area contributed by atoms with Crippen LogP contribution in [0.15, 0.2) is 73.1 Å². The molecule has 0 radical (unpaired) electrons. The lowest BCUT2D eigenvalue weighted by molar-refractivity contribution is -0.115. The van der Waals surface area contributed by atoms with Crippen LogP contribution in [0.2, 0.25) is 0 Å². The van der Waals surface area contributed by atoms with Crippen molar-refractivity contribution in [3.63, 3.8) is 0 Å². The number of carbonyl (C=O) groups excluding carboxylic acids is 1. The fourth-order valence-corrected chi connectivity index (χ4v) is 3.54. The molecule has 0 aliphatic carbocycles. The molecule has 0 fully saturated rings. The quantitative estimate of drug-likeness (QED) is 0.489. The number of aromatic nitrogens is 3. The Morgan fingerprint density at radius 3 is 2.25 bits per heavy atom. The smallest absolute Gasteiger partial charge is 0.229 e. The van der Waals surface area contributed by atoms with Crippen LogP contribution in [0, 0.1) is 5.82 Å². The van der Waals surface area contributed by atoms with E-state index in [0.29, 0.717) is 11.5 Å². The molecule has 0 spiro atoms. The monoisotopic (exact) mass is 429 g/mol. The molecule has 2 aromatic carbocycles. The van der Waals surface area contributed by atoms with E-state index in [1.165, 1.54) is 12.1 Å². The van der Waals surface area contributed by atoms with Crippen LogP contribution in [-0.2, 0) is 18.3 Å². The van der Waals surface area contributed by atoms with Crippen molar-refractivity contribution in [3.05, 3.63) is 84.4 Å². The normalized spacial score (nSPS) is 10.8. The lowest BCUT2D eigenvalue weighted by atomic mass is 10.0. The molecule has 6 nitrogen and oxygen atoms in total. The van der Waals surface area contributed by atoms with Crippen LogP contribution < -0.4 is 10.2 Å². The van der Waals surface area contributed by atoms with Gasteiger partial charge in [0.1, 0.15) is 17.3 Å². The number of amides is 1. The second kappa shape index (κ2) is 9.01. The molecule has 0 aliphatic heterocycles. The zero-order valence-corrected chi connectivity index (χ0v) is 18.2. The first-order valence-corrected chi connectivity index (χ1v) is 10.2. The lowest BCUT2D eigenvalue weighted by Crippen LogP contribution is -2.17. The molecule has 0 saturated carbocycles. The van der Waals surface area contributed by atoms with Crippen LogP contribution in [0.4, 0.5) is 15.9 Å². The molecule has 4 rings (SSSR count). The average molecular weight is 429 g/mol. The van der Waals surface area contributed by atoms with E-state index in [1.807, 2.05) is 55.4 Å². The highest BCUT2D eigenvalue weighted by Crippen LogP contribution is 2.37. The zero-order chi connectivity index (χ0) is 22.7. The van der Waals surface area contributed by atoms with Gasteiger partial charge in [0, 0.05) is 44.8 Å². The molecule has 0 atom stereocenters. The van der Waals surface area contributed by atoms with Crippen LogP contribution in [-0.4, -0.2) is 34.8 Å². The third kappa shape index (κ3) is 4.51. The summed E-state index contributed by atoms with van der Waals surface area (Å²) in [4.78, 5) is 19.0. The first-order valence-electron chi connectivity index (χ1n) is 10.2. The van der Waals surface area contributed by atoms with Crippen LogP contribution in [0.25, 0.3) is 22.4 Å². The minimum absolute atomic E-state index is 0.147. The summed E-state index contributed by atoms with van der Waals surface area (Å²) in [7, 11) is 5.73. The maximum Gasteiger partial charge on any atom is 0.229 e. The Balaban J connectivity index is 1.67. The number of nitrogens with zero attached hydrogens (tertiary/aromatic N) is 4. The van der Waals surface area contributed by atoms with Crippen LogP contribution in [0.3, 0.4) is 0 Å². The largest absolute Gasteiger partial charge is 0.378 e. The molecule has 32 heavy (non-hydrogen) atoms. The van der Waals surface area contributed by atoms with E-state index in [2.05, 4.69) is 15.4 Å². The van der Waals surface area contributed by atoms with Crippen molar-refractivity contribution in [3.8, 4) is 22.4 Å². The lowest BCUT2D eigenvalue weighted by Gasteiger charge is -2.13. The topological polar surface area (TPSA) is 63.1 Å². The fourth-order valence-electron chi connectivity index (χ4n) is 3.54. The van der Waals surface area contributed by atoms with E-state index in [-0.39, 0.29) is 18.1 Å². The van der Waals surface area contributed by atoms with Crippen molar-refractivity contribution in [2.45, 2.75) is 6.42 Å². The highest BCUT2D eigenvalue weighted by Gasteiger charge is 2.21. The highest BCUT2D eigenvalue weighted by molar-refractivity contribution is 5.99. The number of pyridine rings is 1. The first kappa shape index (κ1) is 21.2. The second-order valence-electron chi connectivity index (χ2n) is 7.72. The van der Waals surface area contributed by atoms with Crippen molar-refractivity contribution >= 4 is 17.4 Å². The number of benzene rings is 2. The molecule has 1 N–H and O–H groups in total. The first-order chi connectivity index (χ1) is 15.4. The van der Waals surface area contributed by atoms with E-state index < -0.39 is 0 Å². The van der Waals surface area contributed by atoms with Crippen molar-refractivity contribution < 1.29 is 9.18 Å². The van der Waals surface area contributed by atoms with Gasteiger partial charge in [-0.25, -0.2) is 4.39 Å². The molecular formula is C25H24FN5O. The standard InChI is InChI=1S/C25H24FN5O/c1-30(2)21-10-4-17(5-11-21)16-22(32)28-25-23(18-12-14-27-15-13-18)24(29-31(25)3)19-6-8-20(26)9-7-19/h4-15H,16H2,1-3H3,(H,28,32). The third-order valence-corrected chi connectivity index (χ3v) is 5.21. The number of hydrogen-bond acceptors (Lipinski definition) is 4. The number of rotatable bonds is 6. The number of hydrogen-bond donors (Lipinski definition) is 1. The van der Waals surface area contributed by atoms with Gasteiger partial charge in [-0.3, -0.25) is 14.5 Å². The number of anilines is 2. The molecule has 0 bridgehead atoms. The Bertz CT molecular complexity index is 1220. The molecular weight excluding hydrogens is 405 g/mol. The molecule has 0 saturated heterocycles. The van der Waals surface area contributed by atoms with Crippen LogP contribution in [0.5, 0.6) is 0 Å². The second-order valence-corrected chi connectivity index (χ2v) is 7.72. The van der Waals surface area contributed by atoms with Gasteiger partial charge in [-0.1, -0.05) is 12.1 Å². The molecule has 2 heterocycles. The summed E-state index contributed by atoms with van der Waals surface area (Å²) >= 11 is 0. The van der Waals surface area contributed by atoms with Gasteiger partial charge in [0.25, 0.3) is 0 Å². The van der Waals surface area contributed by atoms with E-state index in [4.69, 9.17) is 0 Å². The summed E-state index contributed by atoms with van der Waals surface area (Å²) in [6.07, 6.45) is 3.61. The minimum Gasteiger partial charge on any atom is -0.378 e. The Kier molecular flexibility index (Phi) is 5.98. The van der Waals surface area contributed by atoms with Gasteiger partial charge in [0.15, 0.2) is 0 Å². The SMILES string of the molecule is CN(C)c1ccc(CC(=O)Nc2c(-c3ccncc3)c(-c3ccc(F)cc3)nn2C)cc1. The van der Waals surface area contributed by atoms with Gasteiger partial charge >= 0.3 is 0 Å². The Labute approximate surface area is 186 Å². The van der Waals surface area contributed by atoms with E-state index >= 15 is 0 Å². The van der Waals surface area contributed by atoms with Crippen molar-refractivity contribution in [2.75, 3.05) is 24.3 Å². The highest BCUT2D eigenvalue weighted by atomic mass is 19.1. The van der Waals surface area contributed by atoms with Crippen LogP contribution in [0.1, 0.15) is 5.56 Å². The number of nitrogens with one attached hydrogen (secondary N) is 1. The summed E-state index contributed by atoms with van der Waals surface area (Å²) in [6, 6.07) is 17.8. The maximum absolute atomic E-state index is 13.5. The fraction of sp³-hybridized carbons (Fsp3) is 0.160. The molecule has 2 aromatic heterocycles. The summed E-state index contributed by atoms with van der Waals surface area (Å²) < 4.78 is 15.1. The van der Waals surface area contributed by atoms with E-state index in [1.54, 1.807) is 36.3 Å². The molecule has 4 aromatic rings. The van der Waals surface area contributed by atoms with Gasteiger partial charge in [-0.15, -0.1) is 0 Å². The minimum atomic E-state index is -0.316. The van der Waals surface area contributed by atoms with Gasteiger partial charge in [-0.05, 0) is 59.7 Å². The van der Waals surface area contributed by atoms with Crippen LogP contribution >= 0.6 is 0 Å². The number of halogens is 1. The van der Waals surface area contributed by atoms with E-state index in [9.17, 15) is 9.18 Å². The van der Waals surface area contributed by atoms with Gasteiger partial charge in [0.05, 0.1) is 12.0 Å². The summed E-state index contributed by atoms with van der Waals surface area (Å²) in [6.45, 7) is 0. The number of carbonyl (C=O) groups is 1. The molecule has 7 heteroatoms. The van der Waals surface area contributed by atoms with Gasteiger partial charge < -0.3 is 10.2 Å². The van der Waals surface area contributed by atoms with Crippen molar-refractivity contribution in [1.82, 2.24) is 14.8 Å². The molecule has 0 aliphatic rings. The van der Waals surface area contributed by atoms with E-state index in [0.717, 1.165) is 27.9 Å². The average Bonchev–Trinajstić information content (AvgIpc) is 3.11. The predicted octanol–water partition coefficient (Wildman–Crippen LogP) is 4.54. The van der Waals surface area contributed by atoms with Gasteiger partial charge in [-0.2, -0.15) is 5.10 Å².